The lowest BCUT2D eigenvalue weighted by Crippen LogP contribution is -2.12. The van der Waals surface area contributed by atoms with Gasteiger partial charge in [-0.15, -0.1) is 0 Å². The monoisotopic (exact) mass is 350 g/mol. The van der Waals surface area contributed by atoms with Gasteiger partial charge in [-0.2, -0.15) is 0 Å². The number of halogens is 1. The van der Waals surface area contributed by atoms with Crippen LogP contribution in [0.3, 0.4) is 0 Å². The van der Waals surface area contributed by atoms with Crippen LogP contribution in [0.4, 0.5) is 10.2 Å². The average Bonchev–Trinajstić information content (AvgIpc) is 3.12. The molecule has 0 radical (unpaired) electrons. The third kappa shape index (κ3) is 2.85. The van der Waals surface area contributed by atoms with Crippen LogP contribution >= 0.6 is 0 Å². The van der Waals surface area contributed by atoms with Crippen LogP contribution in [0.1, 0.15) is 37.6 Å². The molecule has 132 valence electrons. The first-order valence-electron chi connectivity index (χ1n) is 8.66. The highest BCUT2D eigenvalue weighted by molar-refractivity contribution is 5.83. The average molecular weight is 350 g/mol. The number of nitrogens with one attached hydrogen (secondary N) is 2. The highest BCUT2D eigenvalue weighted by atomic mass is 19.1. The van der Waals surface area contributed by atoms with Crippen molar-refractivity contribution in [1.29, 1.82) is 0 Å². The van der Waals surface area contributed by atoms with Gasteiger partial charge in [-0.3, -0.25) is 0 Å². The van der Waals surface area contributed by atoms with Gasteiger partial charge >= 0.3 is 0 Å². The van der Waals surface area contributed by atoms with Gasteiger partial charge in [0.1, 0.15) is 23.2 Å². The van der Waals surface area contributed by atoms with Crippen molar-refractivity contribution in [1.82, 2.24) is 24.9 Å². The van der Waals surface area contributed by atoms with Crippen LogP contribution < -0.4 is 5.32 Å². The SMILES string of the molecule is CCCc1nc2c(F)cccc2cc1[C@H](C)Nc1ncnc2nc[nH]c12. The van der Waals surface area contributed by atoms with Gasteiger partial charge in [-0.1, -0.05) is 25.5 Å². The second-order valence-corrected chi connectivity index (χ2v) is 6.28. The van der Waals surface area contributed by atoms with Crippen LogP contribution in [0.15, 0.2) is 36.9 Å². The van der Waals surface area contributed by atoms with E-state index in [4.69, 9.17) is 0 Å². The third-order valence-corrected chi connectivity index (χ3v) is 4.44. The summed E-state index contributed by atoms with van der Waals surface area (Å²) < 4.78 is 14.1. The quantitative estimate of drug-likeness (QED) is 0.565. The summed E-state index contributed by atoms with van der Waals surface area (Å²) in [7, 11) is 0. The number of H-pyrrole nitrogens is 1. The largest absolute Gasteiger partial charge is 0.362 e. The molecule has 0 amide bonds. The molecule has 1 atom stereocenters. The zero-order valence-corrected chi connectivity index (χ0v) is 14.6. The Kier molecular flexibility index (Phi) is 4.20. The molecule has 0 fully saturated rings. The molecule has 3 heterocycles. The smallest absolute Gasteiger partial charge is 0.182 e. The lowest BCUT2D eigenvalue weighted by molar-refractivity contribution is 0.635. The van der Waals surface area contributed by atoms with Gasteiger partial charge in [0.15, 0.2) is 11.5 Å². The van der Waals surface area contributed by atoms with E-state index in [2.05, 4.69) is 37.2 Å². The Morgan fingerprint density at radius 3 is 2.96 bits per heavy atom. The summed E-state index contributed by atoms with van der Waals surface area (Å²) in [5.41, 5.74) is 3.74. The molecule has 0 spiro atoms. The number of para-hydroxylation sites is 1. The number of aryl methyl sites for hydroxylation is 1. The van der Waals surface area contributed by atoms with Crippen molar-refractivity contribution in [3.63, 3.8) is 0 Å². The van der Waals surface area contributed by atoms with Crippen molar-refractivity contribution in [2.45, 2.75) is 32.7 Å². The number of fused-ring (bicyclic) bond motifs is 2. The molecule has 0 aliphatic rings. The van der Waals surface area contributed by atoms with E-state index in [0.717, 1.165) is 35.0 Å². The highest BCUT2D eigenvalue weighted by Crippen LogP contribution is 2.28. The topological polar surface area (TPSA) is 79.4 Å². The van der Waals surface area contributed by atoms with Gasteiger partial charge in [-0.25, -0.2) is 24.3 Å². The number of rotatable bonds is 5. The summed E-state index contributed by atoms with van der Waals surface area (Å²) in [5, 5.41) is 4.20. The second kappa shape index (κ2) is 6.67. The molecule has 4 aromatic rings. The molecule has 0 bridgehead atoms. The molecule has 0 saturated heterocycles. The van der Waals surface area contributed by atoms with Gasteiger partial charge in [-0.05, 0) is 31.0 Å². The van der Waals surface area contributed by atoms with E-state index >= 15 is 0 Å². The van der Waals surface area contributed by atoms with E-state index in [9.17, 15) is 4.39 Å². The van der Waals surface area contributed by atoms with Crippen LogP contribution in [-0.2, 0) is 6.42 Å². The Labute approximate surface area is 149 Å². The Balaban J connectivity index is 1.76. The normalized spacial score (nSPS) is 12.6. The van der Waals surface area contributed by atoms with E-state index in [1.807, 2.05) is 19.1 Å². The first-order valence-corrected chi connectivity index (χ1v) is 8.66. The van der Waals surface area contributed by atoms with Gasteiger partial charge in [0.25, 0.3) is 0 Å². The lowest BCUT2D eigenvalue weighted by Gasteiger charge is -2.19. The number of imidazole rings is 1. The maximum absolute atomic E-state index is 14.1. The number of aromatic amines is 1. The van der Waals surface area contributed by atoms with Gasteiger partial charge in [0.2, 0.25) is 0 Å². The number of hydrogen-bond donors (Lipinski definition) is 2. The Morgan fingerprint density at radius 2 is 2.12 bits per heavy atom. The third-order valence-electron chi connectivity index (χ3n) is 4.44. The summed E-state index contributed by atoms with van der Waals surface area (Å²) in [6.07, 6.45) is 4.80. The van der Waals surface area contributed by atoms with Crippen molar-refractivity contribution in [2.75, 3.05) is 5.32 Å². The Hall–Kier alpha value is -3.09. The van der Waals surface area contributed by atoms with Gasteiger partial charge < -0.3 is 10.3 Å². The molecule has 0 unspecified atom stereocenters. The lowest BCUT2D eigenvalue weighted by atomic mass is 10.0. The molecular weight excluding hydrogens is 331 g/mol. The molecule has 0 saturated carbocycles. The molecule has 4 rings (SSSR count). The zero-order chi connectivity index (χ0) is 18.1. The number of aromatic nitrogens is 5. The zero-order valence-electron chi connectivity index (χ0n) is 14.6. The van der Waals surface area contributed by atoms with Crippen LogP contribution in [0.25, 0.3) is 22.1 Å². The summed E-state index contributed by atoms with van der Waals surface area (Å²) in [5.74, 6) is 0.392. The number of benzene rings is 1. The fourth-order valence-electron chi connectivity index (χ4n) is 3.19. The van der Waals surface area contributed by atoms with E-state index in [0.29, 0.717) is 17.0 Å². The minimum absolute atomic E-state index is 0.0573. The molecular formula is C19H19FN6. The van der Waals surface area contributed by atoms with E-state index in [-0.39, 0.29) is 11.9 Å². The summed E-state index contributed by atoms with van der Waals surface area (Å²) in [6.45, 7) is 4.14. The molecule has 0 aliphatic carbocycles. The molecule has 7 heteroatoms. The number of hydrogen-bond acceptors (Lipinski definition) is 5. The van der Waals surface area contributed by atoms with Gasteiger partial charge in [0.05, 0.1) is 12.4 Å². The molecule has 3 aromatic heterocycles. The fourth-order valence-corrected chi connectivity index (χ4v) is 3.19. The molecule has 6 nitrogen and oxygen atoms in total. The first kappa shape index (κ1) is 16.4. The molecule has 0 aliphatic heterocycles. The highest BCUT2D eigenvalue weighted by Gasteiger charge is 2.16. The van der Waals surface area contributed by atoms with Gasteiger partial charge in [0, 0.05) is 11.1 Å². The number of anilines is 1. The Bertz CT molecular complexity index is 1070. The maximum Gasteiger partial charge on any atom is 0.182 e. The van der Waals surface area contributed by atoms with Crippen LogP contribution in [0, 0.1) is 5.82 Å². The minimum Gasteiger partial charge on any atom is -0.362 e. The van der Waals surface area contributed by atoms with Crippen molar-refractivity contribution in [3.05, 3.63) is 54.0 Å². The van der Waals surface area contributed by atoms with E-state index in [1.165, 1.54) is 12.4 Å². The summed E-state index contributed by atoms with van der Waals surface area (Å²) in [6, 6.07) is 6.99. The van der Waals surface area contributed by atoms with Crippen LogP contribution in [0.2, 0.25) is 0 Å². The number of nitrogens with zero attached hydrogens (tertiary/aromatic N) is 4. The minimum atomic E-state index is -0.290. The summed E-state index contributed by atoms with van der Waals surface area (Å²) >= 11 is 0. The van der Waals surface area contributed by atoms with Crippen molar-refractivity contribution in [2.24, 2.45) is 0 Å². The predicted octanol–water partition coefficient (Wildman–Crippen LogP) is 4.17. The van der Waals surface area contributed by atoms with Crippen molar-refractivity contribution in [3.8, 4) is 0 Å². The van der Waals surface area contributed by atoms with E-state index < -0.39 is 0 Å². The predicted molar refractivity (Wildman–Crippen MR) is 99.4 cm³/mol. The first-order chi connectivity index (χ1) is 12.7. The second-order valence-electron chi connectivity index (χ2n) is 6.28. The van der Waals surface area contributed by atoms with Crippen molar-refractivity contribution < 1.29 is 4.39 Å². The number of pyridine rings is 1. The maximum atomic E-state index is 14.1. The molecule has 26 heavy (non-hydrogen) atoms. The molecule has 2 N–H and O–H groups in total. The standard InChI is InChI=1S/C19H19FN6/c1-3-5-15-13(8-12-6-4-7-14(20)16(12)26-15)11(2)25-19-17-18(22-9-21-17)23-10-24-19/h4,6-11H,3,5H2,1-2H3,(H2,21,22,23,24,25)/t11-/m0/s1. The summed E-state index contributed by atoms with van der Waals surface area (Å²) in [4.78, 5) is 20.3. The van der Waals surface area contributed by atoms with Crippen molar-refractivity contribution >= 4 is 27.9 Å². The van der Waals surface area contributed by atoms with E-state index in [1.54, 1.807) is 12.4 Å². The Morgan fingerprint density at radius 1 is 1.23 bits per heavy atom. The fraction of sp³-hybridized carbons (Fsp3) is 0.263. The molecule has 1 aromatic carbocycles. The van der Waals surface area contributed by atoms with Crippen LogP contribution in [-0.4, -0.2) is 24.9 Å². The van der Waals surface area contributed by atoms with Crippen LogP contribution in [0.5, 0.6) is 0 Å².